The van der Waals surface area contributed by atoms with Gasteiger partial charge in [-0.3, -0.25) is 9.52 Å². The lowest BCUT2D eigenvalue weighted by Crippen LogP contribution is -2.25. The number of anilines is 2. The van der Waals surface area contributed by atoms with E-state index in [4.69, 9.17) is 4.52 Å². The Kier molecular flexibility index (Phi) is 3.85. The van der Waals surface area contributed by atoms with Crippen LogP contribution in [0.2, 0.25) is 0 Å². The van der Waals surface area contributed by atoms with E-state index in [0.717, 1.165) is 6.42 Å². The standard InChI is InChI=1S/C15H17N3O4S/c1-10-15(11(2)22-16-10)23(20,21)17-12-6-3-4-7-13(12)18-9-5-8-14(18)19/h3-4,6-7,17H,5,8-9H2,1-2H3. The first-order valence-corrected chi connectivity index (χ1v) is 8.73. The van der Waals surface area contributed by atoms with Crippen LogP contribution in [0, 0.1) is 13.8 Å². The molecule has 23 heavy (non-hydrogen) atoms. The van der Waals surface area contributed by atoms with Gasteiger partial charge in [0.25, 0.3) is 10.0 Å². The van der Waals surface area contributed by atoms with Gasteiger partial charge in [0.05, 0.1) is 11.4 Å². The normalized spacial score (nSPS) is 15.2. The second-order valence-electron chi connectivity index (χ2n) is 5.42. The zero-order valence-corrected chi connectivity index (χ0v) is 13.7. The van der Waals surface area contributed by atoms with Crippen molar-refractivity contribution in [3.63, 3.8) is 0 Å². The molecule has 122 valence electrons. The molecule has 0 saturated carbocycles. The van der Waals surface area contributed by atoms with Crippen LogP contribution < -0.4 is 9.62 Å². The Morgan fingerprint density at radius 3 is 2.61 bits per heavy atom. The Hall–Kier alpha value is -2.35. The van der Waals surface area contributed by atoms with Crippen molar-refractivity contribution in [1.82, 2.24) is 5.16 Å². The van der Waals surface area contributed by atoms with Crippen LogP contribution in [-0.4, -0.2) is 26.0 Å². The fourth-order valence-corrected chi connectivity index (χ4v) is 4.16. The van der Waals surface area contributed by atoms with Crippen molar-refractivity contribution in [2.45, 2.75) is 31.6 Å². The first kappa shape index (κ1) is 15.5. The van der Waals surface area contributed by atoms with Gasteiger partial charge in [0, 0.05) is 13.0 Å². The van der Waals surface area contributed by atoms with Gasteiger partial charge in [0.2, 0.25) is 5.91 Å². The molecule has 1 aromatic heterocycles. The van der Waals surface area contributed by atoms with E-state index < -0.39 is 10.0 Å². The van der Waals surface area contributed by atoms with E-state index in [2.05, 4.69) is 9.88 Å². The second-order valence-corrected chi connectivity index (χ2v) is 7.04. The van der Waals surface area contributed by atoms with Crippen molar-refractivity contribution in [3.05, 3.63) is 35.7 Å². The van der Waals surface area contributed by atoms with E-state index in [1.54, 1.807) is 43.0 Å². The van der Waals surface area contributed by atoms with Crippen LogP contribution >= 0.6 is 0 Å². The Labute approximate surface area is 134 Å². The van der Waals surface area contributed by atoms with Crippen LogP contribution in [0.3, 0.4) is 0 Å². The SMILES string of the molecule is Cc1noc(C)c1S(=O)(=O)Nc1ccccc1N1CCCC1=O. The van der Waals surface area contributed by atoms with E-state index in [1.807, 2.05) is 0 Å². The van der Waals surface area contributed by atoms with Gasteiger partial charge in [-0.15, -0.1) is 0 Å². The van der Waals surface area contributed by atoms with Crippen molar-refractivity contribution < 1.29 is 17.7 Å². The smallest absolute Gasteiger partial charge is 0.267 e. The molecule has 2 aromatic rings. The summed E-state index contributed by atoms with van der Waals surface area (Å²) in [5.74, 6) is 0.221. The fourth-order valence-electron chi connectivity index (χ4n) is 2.75. The molecule has 8 heteroatoms. The largest absolute Gasteiger partial charge is 0.360 e. The molecule has 0 spiro atoms. The number of hydrogen-bond donors (Lipinski definition) is 1. The highest BCUT2D eigenvalue weighted by atomic mass is 32.2. The monoisotopic (exact) mass is 335 g/mol. The van der Waals surface area contributed by atoms with Gasteiger partial charge in [-0.05, 0) is 32.4 Å². The van der Waals surface area contributed by atoms with Crippen molar-refractivity contribution in [2.24, 2.45) is 0 Å². The molecule has 0 atom stereocenters. The molecule has 0 radical (unpaired) electrons. The van der Waals surface area contributed by atoms with E-state index in [-0.39, 0.29) is 16.6 Å². The number of amides is 1. The molecule has 0 unspecified atom stereocenters. The van der Waals surface area contributed by atoms with E-state index in [1.165, 1.54) is 0 Å². The highest BCUT2D eigenvalue weighted by Gasteiger charge is 2.28. The summed E-state index contributed by atoms with van der Waals surface area (Å²) in [6.07, 6.45) is 1.24. The molecule has 1 amide bonds. The van der Waals surface area contributed by atoms with Crippen LogP contribution in [0.15, 0.2) is 33.7 Å². The third-order valence-corrected chi connectivity index (χ3v) is 5.36. The van der Waals surface area contributed by atoms with Crippen LogP contribution in [0.25, 0.3) is 0 Å². The van der Waals surface area contributed by atoms with Gasteiger partial charge in [-0.2, -0.15) is 0 Å². The first-order valence-electron chi connectivity index (χ1n) is 7.25. The number of carbonyl (C=O) groups excluding carboxylic acids is 1. The van der Waals surface area contributed by atoms with Gasteiger partial charge in [-0.25, -0.2) is 8.42 Å². The molecule has 1 saturated heterocycles. The summed E-state index contributed by atoms with van der Waals surface area (Å²) in [4.78, 5) is 13.6. The van der Waals surface area contributed by atoms with Crippen molar-refractivity contribution in [2.75, 3.05) is 16.2 Å². The maximum absolute atomic E-state index is 12.6. The molecule has 0 bridgehead atoms. The summed E-state index contributed by atoms with van der Waals surface area (Å²) in [5.41, 5.74) is 1.22. The van der Waals surface area contributed by atoms with Crippen LogP contribution in [0.4, 0.5) is 11.4 Å². The van der Waals surface area contributed by atoms with Gasteiger partial charge < -0.3 is 9.42 Å². The van der Waals surface area contributed by atoms with Crippen LogP contribution in [0.1, 0.15) is 24.3 Å². The molecule has 0 aliphatic carbocycles. The number of aryl methyl sites for hydroxylation is 2. The number of rotatable bonds is 4. The Morgan fingerprint density at radius 1 is 1.26 bits per heavy atom. The minimum absolute atomic E-state index is 0.00557. The number of hydrogen-bond acceptors (Lipinski definition) is 5. The third kappa shape index (κ3) is 2.81. The predicted octanol–water partition coefficient (Wildman–Crippen LogP) is 2.22. The van der Waals surface area contributed by atoms with Gasteiger partial charge in [0.15, 0.2) is 10.7 Å². The molecular formula is C15H17N3O4S. The first-order chi connectivity index (χ1) is 10.9. The lowest BCUT2D eigenvalue weighted by atomic mass is 10.2. The maximum atomic E-state index is 12.6. The summed E-state index contributed by atoms with van der Waals surface area (Å²) in [6, 6.07) is 6.86. The average molecular weight is 335 g/mol. The lowest BCUT2D eigenvalue weighted by molar-refractivity contribution is -0.117. The number of carbonyl (C=O) groups is 1. The van der Waals surface area contributed by atoms with Crippen LogP contribution in [-0.2, 0) is 14.8 Å². The second kappa shape index (κ2) is 5.69. The minimum Gasteiger partial charge on any atom is -0.360 e. The summed E-state index contributed by atoms with van der Waals surface area (Å²) >= 11 is 0. The topological polar surface area (TPSA) is 92.5 Å². The van der Waals surface area contributed by atoms with Crippen molar-refractivity contribution in [1.29, 1.82) is 0 Å². The molecule has 1 aromatic carbocycles. The van der Waals surface area contributed by atoms with Gasteiger partial charge in [0.1, 0.15) is 5.69 Å². The highest BCUT2D eigenvalue weighted by Crippen LogP contribution is 2.31. The van der Waals surface area contributed by atoms with Crippen molar-refractivity contribution in [3.8, 4) is 0 Å². The molecular weight excluding hydrogens is 318 g/mol. The fraction of sp³-hybridized carbons (Fsp3) is 0.333. The number of para-hydroxylation sites is 2. The zero-order valence-electron chi connectivity index (χ0n) is 12.9. The molecule has 7 nitrogen and oxygen atoms in total. The zero-order chi connectivity index (χ0) is 16.6. The van der Waals surface area contributed by atoms with E-state index in [0.29, 0.717) is 30.0 Å². The molecule has 1 aliphatic heterocycles. The van der Waals surface area contributed by atoms with Crippen LogP contribution in [0.5, 0.6) is 0 Å². The van der Waals surface area contributed by atoms with Gasteiger partial charge in [-0.1, -0.05) is 17.3 Å². The van der Waals surface area contributed by atoms with E-state index >= 15 is 0 Å². The number of aromatic nitrogens is 1. The van der Waals surface area contributed by atoms with E-state index in [9.17, 15) is 13.2 Å². The summed E-state index contributed by atoms with van der Waals surface area (Å²) < 4.78 is 32.8. The molecule has 1 aliphatic rings. The number of sulfonamides is 1. The predicted molar refractivity (Wildman–Crippen MR) is 84.8 cm³/mol. The number of benzene rings is 1. The molecule has 1 N–H and O–H groups in total. The molecule has 3 rings (SSSR count). The quantitative estimate of drug-likeness (QED) is 0.925. The Balaban J connectivity index is 1.99. The number of nitrogens with zero attached hydrogens (tertiary/aromatic N) is 2. The van der Waals surface area contributed by atoms with Crippen molar-refractivity contribution >= 4 is 27.3 Å². The van der Waals surface area contributed by atoms with Gasteiger partial charge >= 0.3 is 0 Å². The Morgan fingerprint density at radius 2 is 2.00 bits per heavy atom. The Bertz CT molecular complexity index is 838. The average Bonchev–Trinajstić information content (AvgIpc) is 3.05. The third-order valence-electron chi connectivity index (χ3n) is 3.75. The molecule has 1 fully saturated rings. The maximum Gasteiger partial charge on any atom is 0.267 e. The summed E-state index contributed by atoms with van der Waals surface area (Å²) in [6.45, 7) is 3.70. The summed E-state index contributed by atoms with van der Waals surface area (Å²) in [5, 5.41) is 3.68. The minimum atomic E-state index is -3.85. The molecule has 2 heterocycles. The lowest BCUT2D eigenvalue weighted by Gasteiger charge is -2.20. The summed E-state index contributed by atoms with van der Waals surface area (Å²) in [7, 11) is -3.85. The highest BCUT2D eigenvalue weighted by molar-refractivity contribution is 7.92. The number of nitrogens with one attached hydrogen (secondary N) is 1.